The molecule has 156 valence electrons. The highest BCUT2D eigenvalue weighted by molar-refractivity contribution is 7.08. The second-order valence-corrected chi connectivity index (χ2v) is 8.59. The zero-order valence-electron chi connectivity index (χ0n) is 17.5. The van der Waals surface area contributed by atoms with E-state index in [2.05, 4.69) is 54.1 Å². The zero-order valence-corrected chi connectivity index (χ0v) is 18.3. The Kier molecular flexibility index (Phi) is 4.26. The summed E-state index contributed by atoms with van der Waals surface area (Å²) in [5.41, 5.74) is 9.35. The first-order chi connectivity index (χ1) is 15.7. The van der Waals surface area contributed by atoms with Gasteiger partial charge in [0, 0.05) is 37.4 Å². The lowest BCUT2D eigenvalue weighted by Crippen LogP contribution is -2.08. The van der Waals surface area contributed by atoms with Crippen LogP contribution < -0.4 is 4.90 Å². The number of aromatic amines is 2. The molecule has 0 fully saturated rings. The molecule has 6 heterocycles. The average molecular weight is 438 g/mol. The van der Waals surface area contributed by atoms with Crippen LogP contribution in [0.2, 0.25) is 0 Å². The van der Waals surface area contributed by atoms with Gasteiger partial charge in [-0.25, -0.2) is 9.97 Å². The minimum atomic E-state index is 0.771. The largest absolute Gasteiger partial charge is 0.376 e. The maximum atomic E-state index is 4.93. The van der Waals surface area contributed by atoms with Crippen LogP contribution in [-0.4, -0.2) is 44.2 Å². The third kappa shape index (κ3) is 3.04. The number of rotatable bonds is 4. The second kappa shape index (κ2) is 7.28. The summed E-state index contributed by atoms with van der Waals surface area (Å²) >= 11 is 1.69. The summed E-state index contributed by atoms with van der Waals surface area (Å²) in [6, 6.07) is 12.4. The molecule has 0 unspecified atom stereocenters. The smallest absolute Gasteiger partial charge is 0.138 e. The molecule has 7 nitrogen and oxygen atoms in total. The molecule has 0 aliphatic carbocycles. The fraction of sp³-hybridized carbons (Fsp3) is 0.0833. The van der Waals surface area contributed by atoms with Gasteiger partial charge >= 0.3 is 0 Å². The molecule has 0 aliphatic heterocycles. The van der Waals surface area contributed by atoms with Gasteiger partial charge in [0.15, 0.2) is 0 Å². The van der Waals surface area contributed by atoms with Crippen LogP contribution in [0.3, 0.4) is 0 Å². The SMILES string of the molecule is CN(C)c1cncc(-c2ccc3[nH]nc(-c4cc5c(-c6ccsc6)ccnc5[nH]4)c3n2)c1. The van der Waals surface area contributed by atoms with Crippen molar-refractivity contribution in [3.05, 3.63) is 65.7 Å². The van der Waals surface area contributed by atoms with Crippen LogP contribution in [0.25, 0.3) is 55.8 Å². The van der Waals surface area contributed by atoms with Crippen molar-refractivity contribution in [2.24, 2.45) is 0 Å². The Morgan fingerprint density at radius 3 is 2.78 bits per heavy atom. The number of anilines is 1. The van der Waals surface area contributed by atoms with Gasteiger partial charge in [-0.3, -0.25) is 10.1 Å². The van der Waals surface area contributed by atoms with E-state index in [0.29, 0.717) is 0 Å². The van der Waals surface area contributed by atoms with Crippen LogP contribution in [0.1, 0.15) is 0 Å². The van der Waals surface area contributed by atoms with Gasteiger partial charge in [-0.2, -0.15) is 16.4 Å². The minimum absolute atomic E-state index is 0.771. The van der Waals surface area contributed by atoms with E-state index >= 15 is 0 Å². The molecule has 6 aromatic rings. The molecule has 6 rings (SSSR count). The van der Waals surface area contributed by atoms with Crippen LogP contribution in [-0.2, 0) is 0 Å². The third-order valence-electron chi connectivity index (χ3n) is 5.56. The standard InChI is InChI=1S/C24H19N7S/c1-31(2)16-9-15(11-25-12-16)19-3-4-20-22(27-19)23(30-29-20)21-10-18-17(14-6-8-32-13-14)5-7-26-24(18)28-21/h3-13H,1-2H3,(H,26,28)(H,29,30). The molecule has 0 aliphatic rings. The molecule has 32 heavy (non-hydrogen) atoms. The van der Waals surface area contributed by atoms with Crippen LogP contribution in [0.5, 0.6) is 0 Å². The predicted molar refractivity (Wildman–Crippen MR) is 130 cm³/mol. The van der Waals surface area contributed by atoms with Gasteiger partial charge in [-0.05, 0) is 58.3 Å². The number of thiophene rings is 1. The first kappa shape index (κ1) is 18.7. The third-order valence-corrected chi connectivity index (χ3v) is 6.25. The van der Waals surface area contributed by atoms with Gasteiger partial charge in [0.25, 0.3) is 0 Å². The first-order valence-electron chi connectivity index (χ1n) is 10.2. The molecule has 0 amide bonds. The van der Waals surface area contributed by atoms with E-state index in [1.54, 1.807) is 11.3 Å². The normalized spacial score (nSPS) is 11.4. The molecular formula is C24H19N7S. The number of pyridine rings is 3. The summed E-state index contributed by atoms with van der Waals surface area (Å²) in [7, 11) is 4.00. The fourth-order valence-corrected chi connectivity index (χ4v) is 4.54. The highest BCUT2D eigenvalue weighted by Crippen LogP contribution is 2.34. The van der Waals surface area contributed by atoms with Gasteiger partial charge in [-0.15, -0.1) is 0 Å². The number of aromatic nitrogens is 6. The summed E-state index contributed by atoms with van der Waals surface area (Å²) < 4.78 is 0. The van der Waals surface area contributed by atoms with Gasteiger partial charge in [-0.1, -0.05) is 0 Å². The molecule has 0 bridgehead atoms. The predicted octanol–water partition coefficient (Wildman–Crippen LogP) is 5.36. The molecule has 0 aromatic carbocycles. The number of nitrogens with zero attached hydrogens (tertiary/aromatic N) is 5. The number of hydrogen-bond acceptors (Lipinski definition) is 6. The Labute approximate surface area is 187 Å². The van der Waals surface area contributed by atoms with Gasteiger partial charge in [0.2, 0.25) is 0 Å². The van der Waals surface area contributed by atoms with Crippen molar-refractivity contribution >= 4 is 39.1 Å². The first-order valence-corrected chi connectivity index (χ1v) is 11.1. The maximum Gasteiger partial charge on any atom is 0.138 e. The Hall–Kier alpha value is -4.04. The van der Waals surface area contributed by atoms with Crippen LogP contribution in [0.15, 0.2) is 65.7 Å². The molecule has 2 N–H and O–H groups in total. The molecule has 0 spiro atoms. The molecule has 6 aromatic heterocycles. The van der Waals surface area contributed by atoms with E-state index in [9.17, 15) is 0 Å². The van der Waals surface area contributed by atoms with E-state index in [1.807, 2.05) is 55.8 Å². The number of hydrogen-bond donors (Lipinski definition) is 2. The number of H-pyrrole nitrogens is 2. The van der Waals surface area contributed by atoms with Crippen molar-refractivity contribution in [3.63, 3.8) is 0 Å². The summed E-state index contributed by atoms with van der Waals surface area (Å²) in [5, 5.41) is 13.0. The molecule has 0 radical (unpaired) electrons. The summed E-state index contributed by atoms with van der Waals surface area (Å²) in [4.78, 5) is 19.3. The van der Waals surface area contributed by atoms with E-state index < -0.39 is 0 Å². The van der Waals surface area contributed by atoms with Crippen LogP contribution in [0.4, 0.5) is 5.69 Å². The average Bonchev–Trinajstić information content (AvgIpc) is 3.57. The maximum absolute atomic E-state index is 4.93. The molecular weight excluding hydrogens is 418 g/mol. The van der Waals surface area contributed by atoms with E-state index in [1.165, 1.54) is 5.56 Å². The van der Waals surface area contributed by atoms with Crippen LogP contribution in [0, 0.1) is 0 Å². The van der Waals surface area contributed by atoms with Crippen molar-refractivity contribution < 1.29 is 0 Å². The van der Waals surface area contributed by atoms with E-state index in [4.69, 9.17) is 4.98 Å². The van der Waals surface area contributed by atoms with Gasteiger partial charge in [0.05, 0.1) is 28.8 Å². The lowest BCUT2D eigenvalue weighted by molar-refractivity contribution is 1.11. The monoisotopic (exact) mass is 437 g/mol. The second-order valence-electron chi connectivity index (χ2n) is 7.81. The topological polar surface area (TPSA) is 86.4 Å². The van der Waals surface area contributed by atoms with Crippen molar-refractivity contribution in [3.8, 4) is 33.8 Å². The minimum Gasteiger partial charge on any atom is -0.376 e. The Bertz CT molecular complexity index is 1560. The summed E-state index contributed by atoms with van der Waals surface area (Å²) in [6.45, 7) is 0. The lowest BCUT2D eigenvalue weighted by Gasteiger charge is -2.12. The van der Waals surface area contributed by atoms with Gasteiger partial charge in [0.1, 0.15) is 16.9 Å². The zero-order chi connectivity index (χ0) is 21.7. The fourth-order valence-electron chi connectivity index (χ4n) is 3.88. The van der Waals surface area contributed by atoms with Crippen molar-refractivity contribution in [1.29, 1.82) is 0 Å². The molecule has 0 saturated heterocycles. The summed E-state index contributed by atoms with van der Waals surface area (Å²) in [6.07, 6.45) is 5.51. The highest BCUT2D eigenvalue weighted by atomic mass is 32.1. The van der Waals surface area contributed by atoms with Crippen LogP contribution >= 0.6 is 11.3 Å². The lowest BCUT2D eigenvalue weighted by atomic mass is 10.1. The molecule has 0 atom stereocenters. The highest BCUT2D eigenvalue weighted by Gasteiger charge is 2.16. The Morgan fingerprint density at radius 1 is 1.00 bits per heavy atom. The summed E-state index contributed by atoms with van der Waals surface area (Å²) in [5.74, 6) is 0. The Balaban J connectivity index is 1.49. The number of fused-ring (bicyclic) bond motifs is 2. The van der Waals surface area contributed by atoms with E-state index in [-0.39, 0.29) is 0 Å². The molecule has 0 saturated carbocycles. The molecule has 8 heteroatoms. The Morgan fingerprint density at radius 2 is 1.94 bits per heavy atom. The van der Waals surface area contributed by atoms with Crippen molar-refractivity contribution in [2.75, 3.05) is 19.0 Å². The van der Waals surface area contributed by atoms with Crippen molar-refractivity contribution in [2.45, 2.75) is 0 Å². The van der Waals surface area contributed by atoms with Gasteiger partial charge < -0.3 is 9.88 Å². The van der Waals surface area contributed by atoms with E-state index in [0.717, 1.165) is 56.0 Å². The quantitative estimate of drug-likeness (QED) is 0.388. The number of nitrogens with one attached hydrogen (secondary N) is 2. The van der Waals surface area contributed by atoms with Crippen molar-refractivity contribution in [1.82, 2.24) is 30.1 Å².